The highest BCUT2D eigenvalue weighted by molar-refractivity contribution is 5.80. The van der Waals surface area contributed by atoms with E-state index in [2.05, 4.69) is 4.74 Å². The van der Waals surface area contributed by atoms with Crippen molar-refractivity contribution in [1.82, 2.24) is 0 Å². The Labute approximate surface area is 125 Å². The van der Waals surface area contributed by atoms with Gasteiger partial charge >= 0.3 is 6.16 Å². The van der Waals surface area contributed by atoms with Gasteiger partial charge in [-0.2, -0.15) is 0 Å². The summed E-state index contributed by atoms with van der Waals surface area (Å²) in [5, 5.41) is 20.0. The van der Waals surface area contributed by atoms with Crippen LogP contribution in [0.25, 0.3) is 11.1 Å². The van der Waals surface area contributed by atoms with Gasteiger partial charge < -0.3 is 14.6 Å². The van der Waals surface area contributed by atoms with Crippen molar-refractivity contribution in [3.8, 4) is 22.6 Å². The van der Waals surface area contributed by atoms with Crippen molar-refractivity contribution in [1.29, 1.82) is 0 Å². The minimum atomic E-state index is -1.47. The zero-order valence-corrected chi connectivity index (χ0v) is 11.9. The first kappa shape index (κ1) is 15.3. The minimum Gasteiger partial charge on any atom is -0.497 e. The quantitative estimate of drug-likeness (QED) is 0.400. The van der Waals surface area contributed by atoms with Gasteiger partial charge in [-0.1, -0.05) is 12.1 Å². The second kappa shape index (κ2) is 6.13. The van der Waals surface area contributed by atoms with E-state index in [4.69, 9.17) is 9.84 Å². The maximum Gasteiger partial charge on any atom is 0.511 e. The summed E-state index contributed by atoms with van der Waals surface area (Å²) >= 11 is 0. The van der Waals surface area contributed by atoms with Crippen molar-refractivity contribution in [2.75, 3.05) is 7.11 Å². The van der Waals surface area contributed by atoms with Crippen LogP contribution in [0.2, 0.25) is 0 Å². The molecular weight excluding hydrogens is 290 g/mol. The summed E-state index contributed by atoms with van der Waals surface area (Å²) < 4.78 is 9.71. The molecule has 0 aliphatic carbocycles. The summed E-state index contributed by atoms with van der Waals surface area (Å²) in [5.41, 5.74) is 1.13. The van der Waals surface area contributed by atoms with E-state index in [0.29, 0.717) is 22.4 Å². The van der Waals surface area contributed by atoms with E-state index in [1.807, 2.05) is 0 Å². The molecule has 0 aromatic heterocycles. The number of rotatable bonds is 4. The van der Waals surface area contributed by atoms with Crippen molar-refractivity contribution in [3.63, 3.8) is 0 Å². The number of hydrogen-bond donors (Lipinski definition) is 1. The standard InChI is InChI=1S/C15H13NO6/c1-9-13(22-15(17)18)8-7-12(16(19)20)14(9)10-3-5-11(21-2)6-4-10/h3-8H,1-2H3,(H,17,18). The lowest BCUT2D eigenvalue weighted by molar-refractivity contribution is -0.384. The molecule has 0 radical (unpaired) electrons. The topological polar surface area (TPSA) is 98.9 Å². The maximum absolute atomic E-state index is 11.2. The minimum absolute atomic E-state index is 0.0592. The van der Waals surface area contributed by atoms with Gasteiger partial charge in [-0.3, -0.25) is 10.1 Å². The Morgan fingerprint density at radius 3 is 2.32 bits per heavy atom. The van der Waals surface area contributed by atoms with Gasteiger partial charge in [0.05, 0.1) is 17.6 Å². The normalized spacial score (nSPS) is 10.1. The van der Waals surface area contributed by atoms with E-state index >= 15 is 0 Å². The molecule has 0 saturated heterocycles. The average Bonchev–Trinajstić information content (AvgIpc) is 2.48. The van der Waals surface area contributed by atoms with Crippen LogP contribution < -0.4 is 9.47 Å². The van der Waals surface area contributed by atoms with Crippen LogP contribution >= 0.6 is 0 Å². The number of nitrogens with zero attached hydrogens (tertiary/aromatic N) is 1. The van der Waals surface area contributed by atoms with Crippen molar-refractivity contribution in [3.05, 3.63) is 52.1 Å². The molecule has 1 N–H and O–H groups in total. The van der Waals surface area contributed by atoms with Gasteiger partial charge in [-0.05, 0) is 30.7 Å². The number of carboxylic acid groups (broad SMARTS) is 1. The number of ether oxygens (including phenoxy) is 2. The van der Waals surface area contributed by atoms with E-state index < -0.39 is 11.1 Å². The van der Waals surface area contributed by atoms with Crippen LogP contribution in [0, 0.1) is 17.0 Å². The van der Waals surface area contributed by atoms with E-state index in [1.165, 1.54) is 19.2 Å². The summed E-state index contributed by atoms with van der Waals surface area (Å²) in [4.78, 5) is 21.4. The number of benzene rings is 2. The zero-order chi connectivity index (χ0) is 16.3. The molecule has 0 bridgehead atoms. The molecule has 0 aliphatic heterocycles. The fourth-order valence-electron chi connectivity index (χ4n) is 2.16. The number of carbonyl (C=O) groups is 1. The molecule has 0 amide bonds. The molecule has 0 fully saturated rings. The number of methoxy groups -OCH3 is 1. The van der Waals surface area contributed by atoms with Gasteiger partial charge in [0.1, 0.15) is 11.5 Å². The molecule has 0 aliphatic rings. The molecular formula is C15H13NO6. The van der Waals surface area contributed by atoms with Crippen molar-refractivity contribution >= 4 is 11.8 Å². The summed E-state index contributed by atoms with van der Waals surface area (Å²) in [6, 6.07) is 9.17. The molecule has 0 atom stereocenters. The van der Waals surface area contributed by atoms with Crippen LogP contribution in [0.5, 0.6) is 11.5 Å². The van der Waals surface area contributed by atoms with Gasteiger partial charge in [-0.25, -0.2) is 4.79 Å². The van der Waals surface area contributed by atoms with Crippen LogP contribution in [-0.4, -0.2) is 23.3 Å². The predicted octanol–water partition coefficient (Wildman–Crippen LogP) is 3.64. The number of nitro groups is 1. The van der Waals surface area contributed by atoms with Crippen LogP contribution in [0.15, 0.2) is 36.4 Å². The molecule has 114 valence electrons. The van der Waals surface area contributed by atoms with E-state index in [9.17, 15) is 14.9 Å². The highest BCUT2D eigenvalue weighted by Crippen LogP contribution is 2.38. The molecule has 0 saturated carbocycles. The van der Waals surface area contributed by atoms with Crippen LogP contribution in [0.3, 0.4) is 0 Å². The highest BCUT2D eigenvalue weighted by Gasteiger charge is 2.21. The van der Waals surface area contributed by atoms with Crippen molar-refractivity contribution in [2.45, 2.75) is 6.92 Å². The first-order chi connectivity index (χ1) is 10.4. The Bertz CT molecular complexity index is 724. The third-order valence-corrected chi connectivity index (χ3v) is 3.17. The lowest BCUT2D eigenvalue weighted by atomic mass is 9.97. The molecule has 7 heteroatoms. The zero-order valence-electron chi connectivity index (χ0n) is 11.9. The monoisotopic (exact) mass is 303 g/mol. The second-order valence-corrected chi connectivity index (χ2v) is 4.44. The summed E-state index contributed by atoms with van der Waals surface area (Å²) in [6.07, 6.45) is -1.47. The second-order valence-electron chi connectivity index (χ2n) is 4.44. The van der Waals surface area contributed by atoms with E-state index in [-0.39, 0.29) is 11.4 Å². The number of nitro benzene ring substituents is 1. The Hall–Kier alpha value is -3.09. The Morgan fingerprint density at radius 1 is 1.18 bits per heavy atom. The fraction of sp³-hybridized carbons (Fsp3) is 0.133. The molecule has 7 nitrogen and oxygen atoms in total. The van der Waals surface area contributed by atoms with Gasteiger partial charge in [-0.15, -0.1) is 0 Å². The van der Waals surface area contributed by atoms with Gasteiger partial charge in [0.25, 0.3) is 5.69 Å². The van der Waals surface area contributed by atoms with Gasteiger partial charge in [0.2, 0.25) is 0 Å². The SMILES string of the molecule is COc1ccc(-c2c([N+](=O)[O-])ccc(OC(=O)O)c2C)cc1. The molecule has 2 rings (SSSR count). The summed E-state index contributed by atoms with van der Waals surface area (Å²) in [7, 11) is 1.52. The molecule has 0 spiro atoms. The molecule has 2 aromatic rings. The third-order valence-electron chi connectivity index (χ3n) is 3.17. The smallest absolute Gasteiger partial charge is 0.497 e. The van der Waals surface area contributed by atoms with Crippen molar-refractivity contribution < 1.29 is 24.3 Å². The molecule has 22 heavy (non-hydrogen) atoms. The highest BCUT2D eigenvalue weighted by atomic mass is 16.7. The number of hydrogen-bond acceptors (Lipinski definition) is 5. The van der Waals surface area contributed by atoms with Gasteiger partial charge in [0, 0.05) is 11.6 Å². The lowest BCUT2D eigenvalue weighted by Gasteiger charge is -2.11. The van der Waals surface area contributed by atoms with Crippen LogP contribution in [-0.2, 0) is 0 Å². The van der Waals surface area contributed by atoms with E-state index in [0.717, 1.165) is 0 Å². The van der Waals surface area contributed by atoms with Crippen LogP contribution in [0.4, 0.5) is 10.5 Å². The molecule has 0 heterocycles. The Morgan fingerprint density at radius 2 is 1.82 bits per heavy atom. The van der Waals surface area contributed by atoms with Crippen LogP contribution in [0.1, 0.15) is 5.56 Å². The lowest BCUT2D eigenvalue weighted by Crippen LogP contribution is -2.05. The molecule has 2 aromatic carbocycles. The fourth-order valence-corrected chi connectivity index (χ4v) is 2.16. The first-order valence-corrected chi connectivity index (χ1v) is 6.27. The van der Waals surface area contributed by atoms with Crippen molar-refractivity contribution in [2.24, 2.45) is 0 Å². The largest absolute Gasteiger partial charge is 0.511 e. The average molecular weight is 303 g/mol. The summed E-state index contributed by atoms with van der Waals surface area (Å²) in [6.45, 7) is 1.57. The third kappa shape index (κ3) is 2.98. The summed E-state index contributed by atoms with van der Waals surface area (Å²) in [5.74, 6) is 0.672. The molecule has 0 unspecified atom stereocenters. The Balaban J connectivity index is 2.63. The maximum atomic E-state index is 11.2. The van der Waals surface area contributed by atoms with Gasteiger partial charge in [0.15, 0.2) is 0 Å². The van der Waals surface area contributed by atoms with E-state index in [1.54, 1.807) is 31.2 Å². The first-order valence-electron chi connectivity index (χ1n) is 6.27. The predicted molar refractivity (Wildman–Crippen MR) is 78.5 cm³/mol. The Kier molecular flexibility index (Phi) is 4.26.